The molecule has 2 aromatic carbocycles. The van der Waals surface area contributed by atoms with E-state index < -0.39 is 0 Å². The van der Waals surface area contributed by atoms with Crippen molar-refractivity contribution < 1.29 is 0 Å². The molecule has 0 amide bonds. The average molecular weight is 402 g/mol. The van der Waals surface area contributed by atoms with Gasteiger partial charge < -0.3 is 5.32 Å². The predicted molar refractivity (Wildman–Crippen MR) is 101 cm³/mol. The van der Waals surface area contributed by atoms with Crippen LogP contribution in [0.4, 0.5) is 0 Å². The minimum Gasteiger partial charge on any atom is -0.309 e. The third-order valence-electron chi connectivity index (χ3n) is 3.77. The van der Waals surface area contributed by atoms with E-state index in [4.69, 9.17) is 0 Å². The zero-order valence-electron chi connectivity index (χ0n) is 12.9. The number of nitrogens with zero attached hydrogens (tertiary/aromatic N) is 1. The van der Waals surface area contributed by atoms with Crippen LogP contribution in [0.3, 0.4) is 0 Å². The molecule has 3 rings (SSSR count). The second-order valence-electron chi connectivity index (χ2n) is 5.67. The summed E-state index contributed by atoms with van der Waals surface area (Å²) >= 11 is 2.37. The van der Waals surface area contributed by atoms with Crippen molar-refractivity contribution in [1.82, 2.24) is 10.3 Å². The van der Waals surface area contributed by atoms with Gasteiger partial charge in [-0.25, -0.2) is 0 Å². The van der Waals surface area contributed by atoms with Gasteiger partial charge in [0.25, 0.3) is 0 Å². The summed E-state index contributed by atoms with van der Waals surface area (Å²) in [6.07, 6.45) is 0. The van der Waals surface area contributed by atoms with E-state index >= 15 is 0 Å². The lowest BCUT2D eigenvalue weighted by Crippen LogP contribution is -2.12. The summed E-state index contributed by atoms with van der Waals surface area (Å²) in [5, 5.41) is 4.72. The number of hydrogen-bond donors (Lipinski definition) is 1. The predicted octanol–water partition coefficient (Wildman–Crippen LogP) is 4.75. The van der Waals surface area contributed by atoms with Crippen LogP contribution in [0.2, 0.25) is 0 Å². The zero-order valence-corrected chi connectivity index (χ0v) is 15.0. The first kappa shape index (κ1) is 15.4. The molecule has 0 fully saturated rings. The fourth-order valence-corrected chi connectivity index (χ4v) is 2.89. The molecule has 1 aromatic heterocycles. The molecule has 0 saturated heterocycles. The Morgan fingerprint density at radius 1 is 0.909 bits per heavy atom. The number of rotatable bonds is 4. The normalized spacial score (nSPS) is 11.0. The van der Waals surface area contributed by atoms with Gasteiger partial charge in [0.05, 0.1) is 5.52 Å². The smallest absolute Gasteiger partial charge is 0.0705 e. The third kappa shape index (κ3) is 3.65. The molecule has 0 bridgehead atoms. The van der Waals surface area contributed by atoms with Crippen LogP contribution < -0.4 is 5.32 Å². The molecule has 112 valence electrons. The van der Waals surface area contributed by atoms with Gasteiger partial charge in [-0.2, -0.15) is 0 Å². The summed E-state index contributed by atoms with van der Waals surface area (Å²) < 4.78 is 1.32. The van der Waals surface area contributed by atoms with Gasteiger partial charge in [-0.1, -0.05) is 24.3 Å². The highest BCUT2D eigenvalue weighted by atomic mass is 127. The van der Waals surface area contributed by atoms with Crippen molar-refractivity contribution in [2.24, 2.45) is 0 Å². The second kappa shape index (κ2) is 6.75. The first-order valence-corrected chi connectivity index (χ1v) is 8.52. The fraction of sp³-hybridized carbons (Fsp3) is 0.211. The monoisotopic (exact) mass is 402 g/mol. The standard InChI is InChI=1S/C19H19IN2/c1-13-9-15(4-7-18(13)20)11-21-12-16-5-8-19-17(10-16)6-3-14(2)22-19/h3-10,21H,11-12H2,1-2H3. The van der Waals surface area contributed by atoms with E-state index in [2.05, 4.69) is 88.3 Å². The molecule has 1 heterocycles. The molecular formula is C19H19IN2. The summed E-state index contributed by atoms with van der Waals surface area (Å²) in [7, 11) is 0. The third-order valence-corrected chi connectivity index (χ3v) is 4.98. The van der Waals surface area contributed by atoms with Gasteiger partial charge in [0.1, 0.15) is 0 Å². The molecule has 0 spiro atoms. The van der Waals surface area contributed by atoms with Crippen LogP contribution in [0.15, 0.2) is 48.5 Å². The SMILES string of the molecule is Cc1ccc2cc(CNCc3ccc(I)c(C)c3)ccc2n1. The van der Waals surface area contributed by atoms with Gasteiger partial charge in [0, 0.05) is 27.7 Å². The summed E-state index contributed by atoms with van der Waals surface area (Å²) in [6.45, 7) is 5.94. The molecule has 1 N–H and O–H groups in total. The molecular weight excluding hydrogens is 383 g/mol. The zero-order chi connectivity index (χ0) is 15.5. The number of pyridine rings is 1. The van der Waals surface area contributed by atoms with Crippen molar-refractivity contribution in [1.29, 1.82) is 0 Å². The van der Waals surface area contributed by atoms with E-state index in [9.17, 15) is 0 Å². The highest BCUT2D eigenvalue weighted by molar-refractivity contribution is 14.1. The molecule has 0 aliphatic rings. The highest BCUT2D eigenvalue weighted by Crippen LogP contribution is 2.16. The Hall–Kier alpha value is -1.46. The molecule has 22 heavy (non-hydrogen) atoms. The van der Waals surface area contributed by atoms with Crippen LogP contribution in [-0.4, -0.2) is 4.98 Å². The van der Waals surface area contributed by atoms with Crippen molar-refractivity contribution in [3.8, 4) is 0 Å². The van der Waals surface area contributed by atoms with Gasteiger partial charge in [0.2, 0.25) is 0 Å². The summed E-state index contributed by atoms with van der Waals surface area (Å²) in [5.74, 6) is 0. The average Bonchev–Trinajstić information content (AvgIpc) is 2.51. The van der Waals surface area contributed by atoms with Crippen molar-refractivity contribution in [2.75, 3.05) is 0 Å². The van der Waals surface area contributed by atoms with E-state index in [-0.39, 0.29) is 0 Å². The number of halogens is 1. The molecule has 0 aliphatic carbocycles. The van der Waals surface area contributed by atoms with Crippen LogP contribution >= 0.6 is 22.6 Å². The van der Waals surface area contributed by atoms with Crippen molar-refractivity contribution in [2.45, 2.75) is 26.9 Å². The largest absolute Gasteiger partial charge is 0.309 e. The fourth-order valence-electron chi connectivity index (χ4n) is 2.55. The molecule has 3 aromatic rings. The summed E-state index contributed by atoms with van der Waals surface area (Å²) in [5.41, 5.74) is 6.09. The van der Waals surface area contributed by atoms with Crippen LogP contribution in [0.1, 0.15) is 22.4 Å². The molecule has 2 nitrogen and oxygen atoms in total. The van der Waals surface area contributed by atoms with Crippen molar-refractivity contribution in [3.05, 3.63) is 74.5 Å². The highest BCUT2D eigenvalue weighted by Gasteiger charge is 2.00. The molecule has 0 radical (unpaired) electrons. The Morgan fingerprint density at radius 3 is 2.41 bits per heavy atom. The molecule has 0 aliphatic heterocycles. The number of hydrogen-bond acceptors (Lipinski definition) is 2. The van der Waals surface area contributed by atoms with E-state index in [1.807, 2.05) is 6.92 Å². The molecule has 0 saturated carbocycles. The van der Waals surface area contributed by atoms with Crippen LogP contribution in [0.5, 0.6) is 0 Å². The van der Waals surface area contributed by atoms with Crippen molar-refractivity contribution >= 4 is 33.5 Å². The van der Waals surface area contributed by atoms with Gasteiger partial charge in [0.15, 0.2) is 0 Å². The summed E-state index contributed by atoms with van der Waals surface area (Å²) in [4.78, 5) is 4.54. The van der Waals surface area contributed by atoms with Gasteiger partial charge in [-0.05, 0) is 77.4 Å². The Bertz CT molecular complexity index is 812. The molecule has 0 atom stereocenters. The van der Waals surface area contributed by atoms with Gasteiger partial charge in [-0.15, -0.1) is 0 Å². The topological polar surface area (TPSA) is 24.9 Å². The van der Waals surface area contributed by atoms with Crippen LogP contribution in [0, 0.1) is 17.4 Å². The summed E-state index contributed by atoms with van der Waals surface area (Å²) in [6, 6.07) is 17.3. The Kier molecular flexibility index (Phi) is 4.74. The second-order valence-corrected chi connectivity index (χ2v) is 6.83. The molecule has 0 unspecified atom stereocenters. The Balaban J connectivity index is 1.66. The maximum Gasteiger partial charge on any atom is 0.0705 e. The van der Waals surface area contributed by atoms with Gasteiger partial charge in [-0.3, -0.25) is 4.98 Å². The number of nitrogens with one attached hydrogen (secondary N) is 1. The quantitative estimate of drug-likeness (QED) is 0.638. The number of benzene rings is 2. The Labute approximate surface area is 145 Å². The van der Waals surface area contributed by atoms with Crippen LogP contribution in [0.25, 0.3) is 10.9 Å². The first-order chi connectivity index (χ1) is 10.6. The van der Waals surface area contributed by atoms with E-state index in [0.717, 1.165) is 24.3 Å². The lowest BCUT2D eigenvalue weighted by molar-refractivity contribution is 0.693. The maximum absolute atomic E-state index is 4.54. The van der Waals surface area contributed by atoms with Crippen LogP contribution in [-0.2, 0) is 13.1 Å². The van der Waals surface area contributed by atoms with E-state index in [1.165, 1.54) is 25.6 Å². The first-order valence-electron chi connectivity index (χ1n) is 7.44. The maximum atomic E-state index is 4.54. The van der Waals surface area contributed by atoms with Gasteiger partial charge >= 0.3 is 0 Å². The van der Waals surface area contributed by atoms with Crippen molar-refractivity contribution in [3.63, 3.8) is 0 Å². The number of aromatic nitrogens is 1. The number of fused-ring (bicyclic) bond motifs is 1. The minimum atomic E-state index is 0.870. The van der Waals surface area contributed by atoms with E-state index in [1.54, 1.807) is 0 Å². The number of aryl methyl sites for hydroxylation is 2. The Morgan fingerprint density at radius 2 is 1.64 bits per heavy atom. The lowest BCUT2D eigenvalue weighted by Gasteiger charge is -2.08. The molecule has 3 heteroatoms. The minimum absolute atomic E-state index is 0.870. The lowest BCUT2D eigenvalue weighted by atomic mass is 10.1. The van der Waals surface area contributed by atoms with E-state index in [0.29, 0.717) is 0 Å².